The van der Waals surface area contributed by atoms with Gasteiger partial charge in [0.25, 0.3) is 0 Å². The first-order valence-corrected chi connectivity index (χ1v) is 5.36. The zero-order valence-corrected chi connectivity index (χ0v) is 9.66. The summed E-state index contributed by atoms with van der Waals surface area (Å²) in [6.45, 7) is 5.63. The van der Waals surface area contributed by atoms with Crippen molar-refractivity contribution in [2.75, 3.05) is 6.61 Å². The molecule has 1 N–H and O–H groups in total. The average molecular weight is 216 g/mol. The summed E-state index contributed by atoms with van der Waals surface area (Å²) in [5.41, 5.74) is 0. The Morgan fingerprint density at radius 1 is 1.33 bits per heavy atom. The van der Waals surface area contributed by atoms with Crippen LogP contribution in [0.2, 0.25) is 0 Å². The summed E-state index contributed by atoms with van der Waals surface area (Å²) in [5.74, 6) is -0.426. The van der Waals surface area contributed by atoms with E-state index in [1.807, 2.05) is 13.8 Å². The van der Waals surface area contributed by atoms with Crippen molar-refractivity contribution < 1.29 is 19.4 Å². The number of carbonyl (C=O) groups is 2. The molecule has 0 aliphatic carbocycles. The summed E-state index contributed by atoms with van der Waals surface area (Å²) in [4.78, 5) is 22.2. The van der Waals surface area contributed by atoms with Crippen LogP contribution in [0, 0.1) is 5.92 Å². The lowest BCUT2D eigenvalue weighted by Crippen LogP contribution is -2.23. The quantitative estimate of drug-likeness (QED) is 0.652. The lowest BCUT2D eigenvalue weighted by atomic mass is 10.0. The van der Waals surface area contributed by atoms with E-state index < -0.39 is 12.1 Å². The van der Waals surface area contributed by atoms with E-state index in [9.17, 15) is 14.7 Å². The van der Waals surface area contributed by atoms with E-state index in [0.717, 1.165) is 0 Å². The molecular formula is C11H20O4. The van der Waals surface area contributed by atoms with E-state index in [2.05, 4.69) is 4.74 Å². The van der Waals surface area contributed by atoms with E-state index in [0.29, 0.717) is 12.8 Å². The summed E-state index contributed by atoms with van der Waals surface area (Å²) >= 11 is 0. The van der Waals surface area contributed by atoms with Gasteiger partial charge in [0.2, 0.25) is 0 Å². The molecule has 1 unspecified atom stereocenters. The van der Waals surface area contributed by atoms with Gasteiger partial charge in [0.1, 0.15) is 5.78 Å². The molecule has 0 bridgehead atoms. The molecular weight excluding hydrogens is 196 g/mol. The second kappa shape index (κ2) is 7.40. The molecule has 0 amide bonds. The smallest absolute Gasteiger partial charge is 0.334 e. The Hall–Kier alpha value is -0.900. The van der Waals surface area contributed by atoms with Gasteiger partial charge in [0, 0.05) is 12.3 Å². The Labute approximate surface area is 90.6 Å². The van der Waals surface area contributed by atoms with Gasteiger partial charge in [-0.05, 0) is 19.8 Å². The van der Waals surface area contributed by atoms with Gasteiger partial charge in [0.15, 0.2) is 6.10 Å². The number of carbonyl (C=O) groups excluding carboxylic acids is 2. The summed E-state index contributed by atoms with van der Waals surface area (Å²) in [6, 6.07) is 0. The third-order valence-corrected chi connectivity index (χ3v) is 2.10. The normalized spacial score (nSPS) is 12.6. The molecule has 0 aromatic rings. The lowest BCUT2D eigenvalue weighted by molar-refractivity contribution is -0.153. The Bertz CT molecular complexity index is 211. The van der Waals surface area contributed by atoms with E-state index in [1.54, 1.807) is 6.92 Å². The van der Waals surface area contributed by atoms with Gasteiger partial charge in [-0.1, -0.05) is 13.8 Å². The van der Waals surface area contributed by atoms with Gasteiger partial charge >= 0.3 is 5.97 Å². The predicted molar refractivity (Wildman–Crippen MR) is 56.3 cm³/mol. The van der Waals surface area contributed by atoms with Crippen LogP contribution >= 0.6 is 0 Å². The molecule has 0 aliphatic heterocycles. The summed E-state index contributed by atoms with van der Waals surface area (Å²) in [7, 11) is 0. The minimum atomic E-state index is -1.09. The fourth-order valence-corrected chi connectivity index (χ4v) is 1.11. The maximum absolute atomic E-state index is 11.2. The monoisotopic (exact) mass is 216 g/mol. The Kier molecular flexibility index (Phi) is 6.96. The number of ketones is 1. The summed E-state index contributed by atoms with van der Waals surface area (Å²) in [5, 5.41) is 9.31. The molecule has 0 rings (SSSR count). The van der Waals surface area contributed by atoms with Crippen LogP contribution in [0.4, 0.5) is 0 Å². The molecule has 0 radical (unpaired) electrons. The molecule has 4 nitrogen and oxygen atoms in total. The molecule has 1 atom stereocenters. The van der Waals surface area contributed by atoms with Crippen molar-refractivity contribution in [3.63, 3.8) is 0 Å². The molecule has 0 heterocycles. The maximum Gasteiger partial charge on any atom is 0.334 e. The van der Waals surface area contributed by atoms with Crippen molar-refractivity contribution in [2.45, 2.75) is 46.1 Å². The topological polar surface area (TPSA) is 63.6 Å². The number of rotatable bonds is 7. The summed E-state index contributed by atoms with van der Waals surface area (Å²) in [6.07, 6.45) is 0.132. The van der Waals surface area contributed by atoms with Gasteiger partial charge in [0.05, 0.1) is 6.61 Å². The largest absolute Gasteiger partial charge is 0.464 e. The molecule has 0 aromatic heterocycles. The van der Waals surface area contributed by atoms with Gasteiger partial charge in [-0.25, -0.2) is 4.79 Å². The highest BCUT2D eigenvalue weighted by Crippen LogP contribution is 2.07. The van der Waals surface area contributed by atoms with Crippen molar-refractivity contribution in [1.82, 2.24) is 0 Å². The third-order valence-electron chi connectivity index (χ3n) is 2.10. The Balaban J connectivity index is 3.67. The van der Waals surface area contributed by atoms with Crippen molar-refractivity contribution in [3.8, 4) is 0 Å². The van der Waals surface area contributed by atoms with Crippen molar-refractivity contribution in [3.05, 3.63) is 0 Å². The van der Waals surface area contributed by atoms with E-state index >= 15 is 0 Å². The van der Waals surface area contributed by atoms with Crippen LogP contribution in [0.1, 0.15) is 40.0 Å². The van der Waals surface area contributed by atoms with Crippen molar-refractivity contribution >= 4 is 11.8 Å². The molecule has 0 spiro atoms. The number of aliphatic hydroxyl groups excluding tert-OH is 1. The zero-order chi connectivity index (χ0) is 11.8. The van der Waals surface area contributed by atoms with Crippen LogP contribution < -0.4 is 0 Å². The molecule has 0 aliphatic rings. The first-order chi connectivity index (χ1) is 6.99. The Morgan fingerprint density at radius 2 is 1.93 bits per heavy atom. The van der Waals surface area contributed by atoms with Crippen LogP contribution in [-0.4, -0.2) is 29.6 Å². The number of hydrogen-bond acceptors (Lipinski definition) is 4. The second-order valence-corrected chi connectivity index (χ2v) is 3.78. The minimum Gasteiger partial charge on any atom is -0.464 e. The molecule has 4 heteroatoms. The highest BCUT2D eigenvalue weighted by molar-refractivity contribution is 5.80. The number of aliphatic hydroxyl groups is 1. The van der Waals surface area contributed by atoms with Crippen LogP contribution in [0.3, 0.4) is 0 Å². The number of Topliss-reactive ketones (excluding diaryl/α,β-unsaturated/α-hetero) is 1. The number of ether oxygens (including phenoxy) is 1. The highest BCUT2D eigenvalue weighted by atomic mass is 16.5. The molecule has 0 fully saturated rings. The maximum atomic E-state index is 11.2. The molecule has 88 valence electrons. The van der Waals surface area contributed by atoms with Gasteiger partial charge in [-0.3, -0.25) is 4.79 Å². The minimum absolute atomic E-state index is 0.0183. The SMILES string of the molecule is CCOC(=O)C(O)CCCC(=O)C(C)C. The molecule has 0 aromatic carbocycles. The standard InChI is InChI=1S/C11H20O4/c1-4-15-11(14)10(13)7-5-6-9(12)8(2)3/h8,10,13H,4-7H2,1-3H3. The zero-order valence-electron chi connectivity index (χ0n) is 9.66. The van der Waals surface area contributed by atoms with Gasteiger partial charge in [-0.2, -0.15) is 0 Å². The van der Waals surface area contributed by atoms with Crippen LogP contribution in [-0.2, 0) is 14.3 Å². The lowest BCUT2D eigenvalue weighted by Gasteiger charge is -2.09. The summed E-state index contributed by atoms with van der Waals surface area (Å²) < 4.78 is 4.63. The first kappa shape index (κ1) is 14.1. The van der Waals surface area contributed by atoms with E-state index in [1.165, 1.54) is 0 Å². The third kappa shape index (κ3) is 6.23. The van der Waals surface area contributed by atoms with E-state index in [4.69, 9.17) is 0 Å². The average Bonchev–Trinajstić information content (AvgIpc) is 2.17. The number of esters is 1. The first-order valence-electron chi connectivity index (χ1n) is 5.36. The van der Waals surface area contributed by atoms with Gasteiger partial charge in [-0.15, -0.1) is 0 Å². The molecule has 15 heavy (non-hydrogen) atoms. The molecule has 0 saturated heterocycles. The fourth-order valence-electron chi connectivity index (χ4n) is 1.11. The van der Waals surface area contributed by atoms with Gasteiger partial charge < -0.3 is 9.84 Å². The van der Waals surface area contributed by atoms with Crippen LogP contribution in [0.25, 0.3) is 0 Å². The second-order valence-electron chi connectivity index (χ2n) is 3.78. The fraction of sp³-hybridized carbons (Fsp3) is 0.818. The van der Waals surface area contributed by atoms with Crippen molar-refractivity contribution in [2.24, 2.45) is 5.92 Å². The van der Waals surface area contributed by atoms with Crippen molar-refractivity contribution in [1.29, 1.82) is 0 Å². The van der Waals surface area contributed by atoms with Crippen LogP contribution in [0.15, 0.2) is 0 Å². The predicted octanol–water partition coefficient (Wildman–Crippen LogP) is 1.31. The molecule has 0 saturated carbocycles. The number of hydrogen-bond donors (Lipinski definition) is 1. The van der Waals surface area contributed by atoms with Crippen LogP contribution in [0.5, 0.6) is 0 Å². The Morgan fingerprint density at radius 3 is 2.40 bits per heavy atom. The highest BCUT2D eigenvalue weighted by Gasteiger charge is 2.16. The van der Waals surface area contributed by atoms with E-state index in [-0.39, 0.29) is 24.7 Å².